The van der Waals surface area contributed by atoms with Crippen LogP contribution in [0.2, 0.25) is 10.0 Å². The Morgan fingerprint density at radius 1 is 1.21 bits per heavy atom. The summed E-state index contributed by atoms with van der Waals surface area (Å²) in [6.45, 7) is 2.71. The first-order valence-electron chi connectivity index (χ1n) is 7.26. The Morgan fingerprint density at radius 2 is 1.96 bits per heavy atom. The van der Waals surface area contributed by atoms with Crippen LogP contribution in [0.15, 0.2) is 42.5 Å². The Bertz CT molecular complexity index is 753. The summed E-state index contributed by atoms with van der Waals surface area (Å²) in [4.78, 5) is 12.3. The third-order valence-corrected chi connectivity index (χ3v) is 3.95. The number of para-hydroxylation sites is 1. The summed E-state index contributed by atoms with van der Waals surface area (Å²) in [5.74, 6) is 0.180. The molecule has 2 aromatic rings. The molecule has 0 aromatic heterocycles. The maximum absolute atomic E-state index is 12.3. The molecule has 1 amide bonds. The zero-order chi connectivity index (χ0) is 17.5. The van der Waals surface area contributed by atoms with Crippen molar-refractivity contribution in [3.63, 3.8) is 0 Å². The van der Waals surface area contributed by atoms with E-state index in [1.54, 1.807) is 42.5 Å². The molecule has 126 valence electrons. The number of hydrogen-bond donors (Lipinski definition) is 2. The van der Waals surface area contributed by atoms with Gasteiger partial charge in [0.15, 0.2) is 5.11 Å². The molecule has 24 heavy (non-hydrogen) atoms. The molecule has 4 nitrogen and oxygen atoms in total. The fourth-order valence-corrected chi connectivity index (χ4v) is 2.63. The van der Waals surface area contributed by atoms with Crippen LogP contribution in [0.25, 0.3) is 0 Å². The fourth-order valence-electron chi connectivity index (χ4n) is 1.99. The first-order valence-corrected chi connectivity index (χ1v) is 8.42. The molecule has 0 aliphatic heterocycles. The summed E-state index contributed by atoms with van der Waals surface area (Å²) < 4.78 is 5.44. The molecule has 0 saturated heterocycles. The van der Waals surface area contributed by atoms with E-state index < -0.39 is 0 Å². The molecule has 0 aliphatic carbocycles. The van der Waals surface area contributed by atoms with Crippen molar-refractivity contribution in [3.05, 3.63) is 63.6 Å². The molecular weight excluding hydrogens is 367 g/mol. The molecule has 0 heterocycles. The molecule has 0 unspecified atom stereocenters. The average Bonchev–Trinajstić information content (AvgIpc) is 2.54. The lowest BCUT2D eigenvalue weighted by molar-refractivity contribution is 0.0973. The van der Waals surface area contributed by atoms with E-state index in [2.05, 4.69) is 10.6 Å². The van der Waals surface area contributed by atoms with Crippen LogP contribution in [0.5, 0.6) is 5.75 Å². The Hall–Kier alpha value is -1.82. The highest BCUT2D eigenvalue weighted by Gasteiger charge is 2.13. The van der Waals surface area contributed by atoms with Crippen LogP contribution in [-0.4, -0.2) is 17.6 Å². The second kappa shape index (κ2) is 8.87. The number of carbonyl (C=O) groups is 1. The van der Waals surface area contributed by atoms with Gasteiger partial charge >= 0.3 is 0 Å². The minimum absolute atomic E-state index is 0.206. The van der Waals surface area contributed by atoms with Gasteiger partial charge in [0.1, 0.15) is 5.75 Å². The van der Waals surface area contributed by atoms with Crippen molar-refractivity contribution in [1.29, 1.82) is 0 Å². The third kappa shape index (κ3) is 5.09. The van der Waals surface area contributed by atoms with Crippen LogP contribution in [-0.2, 0) is 6.54 Å². The monoisotopic (exact) mass is 382 g/mol. The zero-order valence-corrected chi connectivity index (χ0v) is 15.3. The smallest absolute Gasteiger partial charge is 0.261 e. The lowest BCUT2D eigenvalue weighted by Gasteiger charge is -2.13. The Balaban J connectivity index is 1.96. The van der Waals surface area contributed by atoms with Crippen molar-refractivity contribution in [2.75, 3.05) is 6.61 Å². The molecule has 0 saturated carbocycles. The number of amides is 1. The first kappa shape index (κ1) is 18.5. The summed E-state index contributed by atoms with van der Waals surface area (Å²) in [5.41, 5.74) is 1.25. The van der Waals surface area contributed by atoms with E-state index in [9.17, 15) is 4.79 Å². The number of halogens is 2. The maximum Gasteiger partial charge on any atom is 0.261 e. The van der Waals surface area contributed by atoms with Crippen molar-refractivity contribution in [1.82, 2.24) is 10.6 Å². The van der Waals surface area contributed by atoms with E-state index in [1.165, 1.54) is 0 Å². The van der Waals surface area contributed by atoms with Gasteiger partial charge < -0.3 is 10.1 Å². The average molecular weight is 383 g/mol. The minimum Gasteiger partial charge on any atom is -0.493 e. The number of rotatable bonds is 5. The fraction of sp³-hybridized carbons (Fsp3) is 0.176. The summed E-state index contributed by atoms with van der Waals surface area (Å²) >= 11 is 17.1. The molecule has 0 aliphatic rings. The predicted molar refractivity (Wildman–Crippen MR) is 101 cm³/mol. The SMILES string of the molecule is CCOc1ccccc1C(=O)NC(=S)NCc1ccc(Cl)cc1Cl. The molecule has 0 fully saturated rings. The van der Waals surface area contributed by atoms with Gasteiger partial charge in [0.2, 0.25) is 0 Å². The number of carbonyl (C=O) groups excluding carboxylic acids is 1. The standard InChI is InChI=1S/C17H16Cl2N2O2S/c1-2-23-15-6-4-3-5-13(15)16(22)21-17(24)20-10-11-7-8-12(18)9-14(11)19/h3-9H,2,10H2,1H3,(H2,20,21,22,24). The first-order chi connectivity index (χ1) is 11.5. The van der Waals surface area contributed by atoms with E-state index in [4.69, 9.17) is 40.2 Å². The summed E-state index contributed by atoms with van der Waals surface area (Å²) in [7, 11) is 0. The van der Waals surface area contributed by atoms with Crippen LogP contribution in [0, 0.1) is 0 Å². The molecule has 7 heteroatoms. The van der Waals surface area contributed by atoms with Gasteiger partial charge in [-0.1, -0.05) is 41.4 Å². The number of thiocarbonyl (C=S) groups is 1. The van der Waals surface area contributed by atoms with Gasteiger partial charge in [-0.05, 0) is 49.0 Å². The van der Waals surface area contributed by atoms with Gasteiger partial charge in [0, 0.05) is 16.6 Å². The quantitative estimate of drug-likeness (QED) is 0.760. The predicted octanol–water partition coefficient (Wildman–Crippen LogP) is 4.20. The Labute approximate surface area is 156 Å². The topological polar surface area (TPSA) is 50.4 Å². The second-order valence-corrected chi connectivity index (χ2v) is 6.05. The van der Waals surface area contributed by atoms with Crippen LogP contribution < -0.4 is 15.4 Å². The van der Waals surface area contributed by atoms with Crippen molar-refractivity contribution < 1.29 is 9.53 Å². The van der Waals surface area contributed by atoms with Crippen LogP contribution in [0.4, 0.5) is 0 Å². The molecule has 2 rings (SSSR count). The van der Waals surface area contributed by atoms with Gasteiger partial charge in [-0.2, -0.15) is 0 Å². The molecular formula is C17H16Cl2N2O2S. The van der Waals surface area contributed by atoms with Crippen LogP contribution in [0.3, 0.4) is 0 Å². The van der Waals surface area contributed by atoms with Crippen molar-refractivity contribution in [3.8, 4) is 5.75 Å². The van der Waals surface area contributed by atoms with E-state index in [-0.39, 0.29) is 11.0 Å². The molecule has 0 spiro atoms. The molecule has 2 N–H and O–H groups in total. The van der Waals surface area contributed by atoms with Gasteiger partial charge in [-0.3, -0.25) is 10.1 Å². The third-order valence-electron chi connectivity index (χ3n) is 3.11. The maximum atomic E-state index is 12.3. The zero-order valence-electron chi connectivity index (χ0n) is 12.9. The molecule has 2 aromatic carbocycles. The minimum atomic E-state index is -0.334. The van der Waals surface area contributed by atoms with Crippen molar-refractivity contribution in [2.45, 2.75) is 13.5 Å². The highest BCUT2D eigenvalue weighted by Crippen LogP contribution is 2.21. The number of ether oxygens (including phenoxy) is 1. The molecule has 0 bridgehead atoms. The molecule has 0 atom stereocenters. The van der Waals surface area contributed by atoms with E-state index in [0.29, 0.717) is 34.5 Å². The van der Waals surface area contributed by atoms with E-state index in [1.807, 2.05) is 6.92 Å². The summed E-state index contributed by atoms with van der Waals surface area (Å²) in [5, 5.41) is 6.87. The van der Waals surface area contributed by atoms with Gasteiger partial charge in [-0.25, -0.2) is 0 Å². The van der Waals surface area contributed by atoms with Crippen LogP contribution in [0.1, 0.15) is 22.8 Å². The Morgan fingerprint density at radius 3 is 2.67 bits per heavy atom. The lowest BCUT2D eigenvalue weighted by Crippen LogP contribution is -2.39. The van der Waals surface area contributed by atoms with Crippen molar-refractivity contribution in [2.24, 2.45) is 0 Å². The van der Waals surface area contributed by atoms with Gasteiger partial charge in [0.05, 0.1) is 12.2 Å². The van der Waals surface area contributed by atoms with Crippen molar-refractivity contribution >= 4 is 46.4 Å². The highest BCUT2D eigenvalue weighted by molar-refractivity contribution is 7.80. The molecule has 0 radical (unpaired) electrons. The second-order valence-electron chi connectivity index (χ2n) is 4.80. The summed E-state index contributed by atoms with van der Waals surface area (Å²) in [6, 6.07) is 12.2. The largest absolute Gasteiger partial charge is 0.493 e. The van der Waals surface area contributed by atoms with Crippen LogP contribution >= 0.6 is 35.4 Å². The van der Waals surface area contributed by atoms with Gasteiger partial charge in [0.25, 0.3) is 5.91 Å². The lowest BCUT2D eigenvalue weighted by atomic mass is 10.2. The number of benzene rings is 2. The summed E-state index contributed by atoms with van der Waals surface area (Å²) in [6.07, 6.45) is 0. The number of hydrogen-bond acceptors (Lipinski definition) is 3. The Kier molecular flexibility index (Phi) is 6.85. The number of nitrogens with one attached hydrogen (secondary N) is 2. The van der Waals surface area contributed by atoms with Gasteiger partial charge in [-0.15, -0.1) is 0 Å². The normalized spacial score (nSPS) is 10.1. The van der Waals surface area contributed by atoms with E-state index in [0.717, 1.165) is 5.56 Å². The van der Waals surface area contributed by atoms with E-state index >= 15 is 0 Å². The highest BCUT2D eigenvalue weighted by atomic mass is 35.5.